The number of hydrogen-bond acceptors (Lipinski definition) is 2. The lowest BCUT2D eigenvalue weighted by molar-refractivity contribution is -0.123. The van der Waals surface area contributed by atoms with Crippen LogP contribution in [0.25, 0.3) is 0 Å². The van der Waals surface area contributed by atoms with Gasteiger partial charge < -0.3 is 5.32 Å². The summed E-state index contributed by atoms with van der Waals surface area (Å²) in [5, 5.41) is 11.6. The van der Waals surface area contributed by atoms with Gasteiger partial charge in [-0.1, -0.05) is 32.9 Å². The van der Waals surface area contributed by atoms with Crippen molar-refractivity contribution in [2.75, 3.05) is 5.32 Å². The van der Waals surface area contributed by atoms with Gasteiger partial charge in [0.05, 0.1) is 11.3 Å². The molecule has 0 atom stereocenters. The molecule has 0 saturated carbocycles. The molecule has 1 aromatic carbocycles. The number of nitrogens with zero attached hydrogens (tertiary/aromatic N) is 1. The van der Waals surface area contributed by atoms with Gasteiger partial charge in [0.2, 0.25) is 5.91 Å². The number of nitriles is 1. The molecular formula is C12H14N2O. The summed E-state index contributed by atoms with van der Waals surface area (Å²) in [6.45, 7) is 5.49. The summed E-state index contributed by atoms with van der Waals surface area (Å²) in [4.78, 5) is 11.7. The second-order valence-electron chi connectivity index (χ2n) is 4.36. The highest BCUT2D eigenvalue weighted by molar-refractivity contribution is 5.95. The van der Waals surface area contributed by atoms with Gasteiger partial charge in [-0.15, -0.1) is 0 Å². The minimum absolute atomic E-state index is 0.0924. The number of nitrogens with one attached hydrogen (secondary N) is 1. The number of para-hydroxylation sites is 1. The van der Waals surface area contributed by atoms with Gasteiger partial charge in [0, 0.05) is 5.41 Å². The van der Waals surface area contributed by atoms with Gasteiger partial charge in [-0.3, -0.25) is 4.79 Å². The van der Waals surface area contributed by atoms with Crippen LogP contribution in [-0.2, 0) is 4.79 Å². The van der Waals surface area contributed by atoms with Gasteiger partial charge in [0.25, 0.3) is 0 Å². The van der Waals surface area contributed by atoms with E-state index in [0.717, 1.165) is 0 Å². The molecule has 1 N–H and O–H groups in total. The van der Waals surface area contributed by atoms with Gasteiger partial charge >= 0.3 is 0 Å². The van der Waals surface area contributed by atoms with Crippen molar-refractivity contribution in [1.29, 1.82) is 5.26 Å². The molecule has 78 valence electrons. The third kappa shape index (κ3) is 2.81. The molecule has 3 nitrogen and oxygen atoms in total. The average molecular weight is 202 g/mol. The summed E-state index contributed by atoms with van der Waals surface area (Å²) < 4.78 is 0. The van der Waals surface area contributed by atoms with Crippen molar-refractivity contribution in [3.05, 3.63) is 29.8 Å². The predicted octanol–water partition coefficient (Wildman–Crippen LogP) is 2.54. The van der Waals surface area contributed by atoms with Crippen molar-refractivity contribution >= 4 is 11.6 Å². The second kappa shape index (κ2) is 4.14. The number of benzene rings is 1. The molecule has 0 aromatic heterocycles. The normalized spacial score (nSPS) is 10.5. The molecule has 0 bridgehead atoms. The fourth-order valence-corrected chi connectivity index (χ4v) is 0.999. The van der Waals surface area contributed by atoms with Crippen LogP contribution in [0.4, 0.5) is 5.69 Å². The first-order valence-electron chi connectivity index (χ1n) is 4.76. The number of anilines is 1. The largest absolute Gasteiger partial charge is 0.324 e. The molecule has 0 spiro atoms. The topological polar surface area (TPSA) is 52.9 Å². The first-order valence-corrected chi connectivity index (χ1v) is 4.76. The zero-order valence-corrected chi connectivity index (χ0v) is 9.16. The lowest BCUT2D eigenvalue weighted by Crippen LogP contribution is -2.27. The Kier molecular flexibility index (Phi) is 3.11. The van der Waals surface area contributed by atoms with E-state index in [2.05, 4.69) is 5.32 Å². The SMILES string of the molecule is CC(C)(C)C(=O)Nc1ccccc1C#N. The first kappa shape index (κ1) is 11.3. The Labute approximate surface area is 89.7 Å². The van der Waals surface area contributed by atoms with Gasteiger partial charge in [0.1, 0.15) is 6.07 Å². The zero-order valence-electron chi connectivity index (χ0n) is 9.16. The fourth-order valence-electron chi connectivity index (χ4n) is 0.999. The van der Waals surface area contributed by atoms with Gasteiger partial charge in [-0.05, 0) is 12.1 Å². The Bertz CT molecular complexity index is 410. The summed E-state index contributed by atoms with van der Waals surface area (Å²) in [6.07, 6.45) is 0. The molecule has 1 amide bonds. The first-order chi connectivity index (χ1) is 6.95. The predicted molar refractivity (Wildman–Crippen MR) is 59.2 cm³/mol. The van der Waals surface area contributed by atoms with Crippen molar-refractivity contribution < 1.29 is 4.79 Å². The van der Waals surface area contributed by atoms with Crippen molar-refractivity contribution in [1.82, 2.24) is 0 Å². The molecule has 0 aliphatic rings. The van der Waals surface area contributed by atoms with Crippen LogP contribution in [0.15, 0.2) is 24.3 Å². The highest BCUT2D eigenvalue weighted by Gasteiger charge is 2.21. The molecule has 0 unspecified atom stereocenters. The smallest absolute Gasteiger partial charge is 0.229 e. The van der Waals surface area contributed by atoms with Crippen molar-refractivity contribution in [3.63, 3.8) is 0 Å². The zero-order chi connectivity index (χ0) is 11.5. The number of carbonyl (C=O) groups excluding carboxylic acids is 1. The van der Waals surface area contributed by atoms with E-state index in [1.165, 1.54) is 0 Å². The number of carbonyl (C=O) groups is 1. The maximum Gasteiger partial charge on any atom is 0.229 e. The maximum absolute atomic E-state index is 11.7. The lowest BCUT2D eigenvalue weighted by atomic mass is 9.95. The molecule has 1 aromatic rings. The minimum atomic E-state index is -0.456. The second-order valence-corrected chi connectivity index (χ2v) is 4.36. The quantitative estimate of drug-likeness (QED) is 0.760. The van der Waals surface area contributed by atoms with Crippen LogP contribution >= 0.6 is 0 Å². The van der Waals surface area contributed by atoms with Crippen molar-refractivity contribution in [2.45, 2.75) is 20.8 Å². The minimum Gasteiger partial charge on any atom is -0.324 e. The lowest BCUT2D eigenvalue weighted by Gasteiger charge is -2.18. The number of amides is 1. The van der Waals surface area contributed by atoms with Crippen LogP contribution < -0.4 is 5.32 Å². The van der Waals surface area contributed by atoms with Crippen LogP contribution in [-0.4, -0.2) is 5.91 Å². The Morgan fingerprint density at radius 1 is 1.33 bits per heavy atom. The van der Waals surface area contributed by atoms with E-state index in [4.69, 9.17) is 5.26 Å². The molecule has 0 saturated heterocycles. The summed E-state index contributed by atoms with van der Waals surface area (Å²) >= 11 is 0. The van der Waals surface area contributed by atoms with Crippen LogP contribution in [0.5, 0.6) is 0 Å². The molecule has 1 rings (SSSR count). The van der Waals surface area contributed by atoms with Gasteiger partial charge in [-0.25, -0.2) is 0 Å². The van der Waals surface area contributed by atoms with E-state index in [-0.39, 0.29) is 5.91 Å². The van der Waals surface area contributed by atoms with Gasteiger partial charge in [-0.2, -0.15) is 5.26 Å². The Balaban J connectivity index is 2.92. The number of hydrogen-bond donors (Lipinski definition) is 1. The molecule has 0 radical (unpaired) electrons. The molecule has 3 heteroatoms. The average Bonchev–Trinajstić information content (AvgIpc) is 2.17. The molecule has 0 aliphatic carbocycles. The molecule has 0 heterocycles. The number of rotatable bonds is 1. The molecule has 0 fully saturated rings. The molecule has 15 heavy (non-hydrogen) atoms. The van der Waals surface area contributed by atoms with Crippen molar-refractivity contribution in [3.8, 4) is 6.07 Å². The van der Waals surface area contributed by atoms with Crippen molar-refractivity contribution in [2.24, 2.45) is 5.41 Å². The van der Waals surface area contributed by atoms with E-state index < -0.39 is 5.41 Å². The van der Waals surface area contributed by atoms with E-state index in [0.29, 0.717) is 11.3 Å². The van der Waals surface area contributed by atoms with E-state index >= 15 is 0 Å². The summed E-state index contributed by atoms with van der Waals surface area (Å²) in [7, 11) is 0. The maximum atomic E-state index is 11.7. The van der Waals surface area contributed by atoms with E-state index in [1.807, 2.05) is 26.8 Å². The molecule has 0 aliphatic heterocycles. The van der Waals surface area contributed by atoms with E-state index in [1.54, 1.807) is 24.3 Å². The summed E-state index contributed by atoms with van der Waals surface area (Å²) in [5.41, 5.74) is 0.595. The van der Waals surface area contributed by atoms with Crippen LogP contribution in [0.3, 0.4) is 0 Å². The Hall–Kier alpha value is -1.82. The summed E-state index contributed by atoms with van der Waals surface area (Å²) in [6, 6.07) is 9.00. The molecular weight excluding hydrogens is 188 g/mol. The fraction of sp³-hybridized carbons (Fsp3) is 0.333. The summed E-state index contributed by atoms with van der Waals surface area (Å²) in [5.74, 6) is -0.0924. The van der Waals surface area contributed by atoms with Crippen LogP contribution in [0.1, 0.15) is 26.3 Å². The monoisotopic (exact) mass is 202 g/mol. The van der Waals surface area contributed by atoms with Gasteiger partial charge in [0.15, 0.2) is 0 Å². The highest BCUT2D eigenvalue weighted by atomic mass is 16.2. The van der Waals surface area contributed by atoms with E-state index in [9.17, 15) is 4.79 Å². The highest BCUT2D eigenvalue weighted by Crippen LogP contribution is 2.19. The Morgan fingerprint density at radius 2 is 1.93 bits per heavy atom. The van der Waals surface area contributed by atoms with Crippen LogP contribution in [0, 0.1) is 16.7 Å². The standard InChI is InChI=1S/C12H14N2O/c1-12(2,3)11(15)14-10-7-5-4-6-9(10)8-13/h4-7H,1-3H3,(H,14,15). The third-order valence-corrected chi connectivity index (χ3v) is 1.98. The third-order valence-electron chi connectivity index (χ3n) is 1.98. The van der Waals surface area contributed by atoms with Crippen LogP contribution in [0.2, 0.25) is 0 Å². The Morgan fingerprint density at radius 3 is 2.47 bits per heavy atom.